The molecule has 5 heteroatoms. The summed E-state index contributed by atoms with van der Waals surface area (Å²) < 4.78 is 0. The number of hydroxylamine groups is 2. The van der Waals surface area contributed by atoms with Crippen LogP contribution >= 0.6 is 0 Å². The number of quaternary nitrogens is 1. The monoisotopic (exact) mass is 162 g/mol. The lowest BCUT2D eigenvalue weighted by molar-refractivity contribution is -0.923. The molecule has 0 amide bonds. The lowest BCUT2D eigenvalue weighted by atomic mass is 10.0. The fourth-order valence-electron chi connectivity index (χ4n) is 1.26. The van der Waals surface area contributed by atoms with Crippen molar-refractivity contribution in [1.82, 2.24) is 0 Å². The third-order valence-corrected chi connectivity index (χ3v) is 2.24. The second-order valence-corrected chi connectivity index (χ2v) is 3.06. The van der Waals surface area contributed by atoms with Crippen LogP contribution < -0.4 is 5.06 Å². The minimum absolute atomic E-state index is 0.238. The number of aliphatic carboxylic acids is 1. The van der Waals surface area contributed by atoms with Gasteiger partial charge in [-0.3, -0.25) is 0 Å². The van der Waals surface area contributed by atoms with Gasteiger partial charge in [-0.15, -0.1) is 0 Å². The van der Waals surface area contributed by atoms with Gasteiger partial charge in [-0.1, -0.05) is 0 Å². The summed E-state index contributed by atoms with van der Waals surface area (Å²) in [6.07, 6.45) is -0.569. The van der Waals surface area contributed by atoms with E-state index in [1.54, 1.807) is 0 Å². The molecule has 0 aromatic carbocycles. The number of carboxylic acid groups (broad SMARTS) is 1. The normalized spacial score (nSPS) is 44.3. The standard InChI is InChI=1S/C6H11NO4/c1-6(5(9)10)3-2-4(8)7(6)11/h4,7-8H,2-3H2,1H3,(H,9,10)/i7+1. The smallest absolute Gasteiger partial charge is 0.365 e. The van der Waals surface area contributed by atoms with Crippen molar-refractivity contribution in [3.8, 4) is 0 Å². The topological polar surface area (TPSA) is 85.0 Å². The molecule has 0 aliphatic carbocycles. The van der Waals surface area contributed by atoms with E-state index < -0.39 is 22.8 Å². The number of hydrogen-bond acceptors (Lipinski definition) is 3. The Bertz CT molecular complexity index is 183. The van der Waals surface area contributed by atoms with Crippen LogP contribution in [0.3, 0.4) is 0 Å². The zero-order chi connectivity index (χ0) is 8.65. The molecule has 1 aliphatic heterocycles. The molecule has 0 aromatic heterocycles. The Labute approximate surface area is 63.8 Å². The quantitative estimate of drug-likeness (QED) is 0.318. The van der Waals surface area contributed by atoms with E-state index in [0.717, 1.165) is 0 Å². The Morgan fingerprint density at radius 3 is 2.55 bits per heavy atom. The van der Waals surface area contributed by atoms with Crippen molar-refractivity contribution in [1.29, 1.82) is 0 Å². The number of carboxylic acids is 1. The lowest BCUT2D eigenvalue weighted by Gasteiger charge is -2.32. The van der Waals surface area contributed by atoms with E-state index >= 15 is 0 Å². The van der Waals surface area contributed by atoms with E-state index in [0.29, 0.717) is 0 Å². The van der Waals surface area contributed by atoms with Crippen molar-refractivity contribution in [3.05, 3.63) is 5.21 Å². The Morgan fingerprint density at radius 2 is 2.36 bits per heavy atom. The summed E-state index contributed by atoms with van der Waals surface area (Å²) in [6, 6.07) is 0. The second kappa shape index (κ2) is 2.44. The maximum absolute atomic E-state index is 11.0. The zero-order valence-electron chi connectivity index (χ0n) is 6.20. The average molecular weight is 162 g/mol. The third-order valence-electron chi connectivity index (χ3n) is 2.24. The summed E-state index contributed by atoms with van der Waals surface area (Å²) in [4.78, 5) is 10.5. The van der Waals surface area contributed by atoms with Gasteiger partial charge in [-0.25, -0.2) is 4.79 Å². The van der Waals surface area contributed by atoms with E-state index in [9.17, 15) is 10.0 Å². The first-order chi connectivity index (χ1) is 4.98. The predicted octanol–water partition coefficient (Wildman–Crippen LogP) is -1.68. The Balaban J connectivity index is 2.81. The molecule has 0 radical (unpaired) electrons. The molecule has 1 saturated heterocycles. The van der Waals surface area contributed by atoms with Gasteiger partial charge in [0, 0.05) is 19.8 Å². The van der Waals surface area contributed by atoms with Crippen LogP contribution in [0.2, 0.25) is 0 Å². The van der Waals surface area contributed by atoms with Crippen molar-refractivity contribution < 1.29 is 20.1 Å². The SMILES string of the molecule is CC1(C(=O)O)CCC(O)[15NH+]1[O-]. The van der Waals surface area contributed by atoms with Gasteiger partial charge >= 0.3 is 5.97 Å². The van der Waals surface area contributed by atoms with Gasteiger partial charge in [0.05, 0.1) is 0 Å². The van der Waals surface area contributed by atoms with Crippen molar-refractivity contribution in [2.24, 2.45) is 0 Å². The maximum atomic E-state index is 11.0. The number of carbonyl (C=O) groups is 1. The first kappa shape index (κ1) is 8.45. The fourth-order valence-corrected chi connectivity index (χ4v) is 1.26. The minimum Gasteiger partial charge on any atom is -0.632 e. The molecule has 0 aromatic rings. The van der Waals surface area contributed by atoms with Gasteiger partial charge in [0.1, 0.15) is 0 Å². The van der Waals surface area contributed by atoms with Crippen LogP contribution in [0.1, 0.15) is 19.8 Å². The van der Waals surface area contributed by atoms with Crippen LogP contribution in [0.4, 0.5) is 0 Å². The average Bonchev–Trinajstić information content (AvgIpc) is 2.18. The first-order valence-electron chi connectivity index (χ1n) is 3.44. The molecule has 3 unspecified atom stereocenters. The van der Waals surface area contributed by atoms with Crippen LogP contribution in [0, 0.1) is 5.21 Å². The largest absolute Gasteiger partial charge is 0.632 e. The first-order valence-corrected chi connectivity index (χ1v) is 3.44. The van der Waals surface area contributed by atoms with Gasteiger partial charge in [0.15, 0.2) is 11.8 Å². The molecule has 0 spiro atoms. The minimum atomic E-state index is -1.35. The molecule has 0 bridgehead atoms. The van der Waals surface area contributed by atoms with Crippen LogP contribution in [0.15, 0.2) is 0 Å². The molecule has 64 valence electrons. The molecule has 0 saturated carbocycles. The van der Waals surface area contributed by atoms with Gasteiger partial charge in [-0.05, 0) is 0 Å². The molecule has 1 fully saturated rings. The second-order valence-electron chi connectivity index (χ2n) is 3.06. The Morgan fingerprint density at radius 1 is 1.82 bits per heavy atom. The van der Waals surface area contributed by atoms with Gasteiger partial charge in [0.2, 0.25) is 0 Å². The van der Waals surface area contributed by atoms with Crippen molar-refractivity contribution in [2.45, 2.75) is 31.5 Å². The maximum Gasteiger partial charge on any atom is 0.365 e. The van der Waals surface area contributed by atoms with Gasteiger partial charge in [-0.2, -0.15) is 0 Å². The third kappa shape index (κ3) is 1.11. The molecular weight excluding hydrogens is 151 g/mol. The molecule has 11 heavy (non-hydrogen) atoms. The molecule has 1 heterocycles. The van der Waals surface area contributed by atoms with Crippen LogP contribution in [0.25, 0.3) is 0 Å². The van der Waals surface area contributed by atoms with E-state index in [4.69, 9.17) is 10.2 Å². The van der Waals surface area contributed by atoms with Crippen LogP contribution in [0.5, 0.6) is 0 Å². The summed E-state index contributed by atoms with van der Waals surface area (Å²) in [5, 5.41) is 28.1. The Kier molecular flexibility index (Phi) is 1.87. The Hall–Kier alpha value is -0.650. The molecule has 3 atom stereocenters. The summed E-state index contributed by atoms with van der Waals surface area (Å²) in [5.74, 6) is -1.14. The fraction of sp³-hybridized carbons (Fsp3) is 0.833. The van der Waals surface area contributed by atoms with E-state index in [1.165, 1.54) is 6.92 Å². The van der Waals surface area contributed by atoms with Crippen molar-refractivity contribution in [2.75, 3.05) is 0 Å². The zero-order valence-corrected chi connectivity index (χ0v) is 6.20. The highest BCUT2D eigenvalue weighted by molar-refractivity contribution is 5.76. The highest BCUT2D eigenvalue weighted by atomic mass is 16.8. The highest BCUT2D eigenvalue weighted by Crippen LogP contribution is 2.16. The number of hydrogen-bond donors (Lipinski definition) is 3. The number of nitrogens with one attached hydrogen (secondary N) is 1. The van der Waals surface area contributed by atoms with Gasteiger partial charge < -0.3 is 20.5 Å². The summed E-state index contributed by atoms with van der Waals surface area (Å²) in [6.45, 7) is 1.36. The molecule has 1 rings (SSSR count). The van der Waals surface area contributed by atoms with Crippen LogP contribution in [-0.4, -0.2) is 27.9 Å². The number of rotatable bonds is 1. The molecule has 5 nitrogen and oxygen atoms in total. The van der Waals surface area contributed by atoms with E-state index in [-0.39, 0.29) is 12.8 Å². The van der Waals surface area contributed by atoms with Gasteiger partial charge in [0.25, 0.3) is 0 Å². The molecule has 1 aliphatic rings. The predicted molar refractivity (Wildman–Crippen MR) is 35.6 cm³/mol. The van der Waals surface area contributed by atoms with E-state index in [2.05, 4.69) is 0 Å². The lowest BCUT2D eigenvalue weighted by Crippen LogP contribution is -3.17. The van der Waals surface area contributed by atoms with Crippen LogP contribution in [-0.2, 0) is 4.79 Å². The highest BCUT2D eigenvalue weighted by Gasteiger charge is 2.48. The summed E-state index contributed by atoms with van der Waals surface area (Å²) in [7, 11) is 0. The molecule has 3 N–H and O–H groups in total. The number of aliphatic hydroxyl groups excluding tert-OH is 1. The number of aliphatic hydroxyl groups is 1. The van der Waals surface area contributed by atoms with Crippen molar-refractivity contribution in [3.63, 3.8) is 0 Å². The van der Waals surface area contributed by atoms with Crippen molar-refractivity contribution >= 4 is 5.97 Å². The summed E-state index contributed by atoms with van der Waals surface area (Å²) in [5.41, 5.74) is -1.35. The van der Waals surface area contributed by atoms with E-state index in [1.807, 2.05) is 0 Å². The molecular formula is C6H11NO4. The summed E-state index contributed by atoms with van der Waals surface area (Å²) >= 11 is 0.